The number of halogens is 2. The molecule has 18 heavy (non-hydrogen) atoms. The monoisotopic (exact) mass is 284 g/mol. The summed E-state index contributed by atoms with van der Waals surface area (Å²) in [6.45, 7) is 0. The van der Waals surface area contributed by atoms with E-state index in [0.29, 0.717) is 0 Å². The van der Waals surface area contributed by atoms with E-state index in [-0.39, 0.29) is 33.7 Å². The molecule has 7 heteroatoms. The van der Waals surface area contributed by atoms with E-state index < -0.39 is 0 Å². The maximum absolute atomic E-state index is 12.0. The Morgan fingerprint density at radius 3 is 2.94 bits per heavy atom. The van der Waals surface area contributed by atoms with Gasteiger partial charge in [-0.15, -0.1) is 10.2 Å². The van der Waals surface area contributed by atoms with Crippen molar-refractivity contribution in [1.82, 2.24) is 15.5 Å². The number of nitriles is 1. The van der Waals surface area contributed by atoms with E-state index in [1.807, 2.05) is 0 Å². The molecule has 1 aliphatic rings. The molecule has 1 saturated carbocycles. The van der Waals surface area contributed by atoms with E-state index in [4.69, 9.17) is 28.5 Å². The van der Waals surface area contributed by atoms with Gasteiger partial charge in [-0.3, -0.25) is 4.79 Å². The SMILES string of the molecule is N#CC1CCCC1NC(=O)c1cc(Cl)nnc1Cl. The van der Waals surface area contributed by atoms with Gasteiger partial charge in [-0.25, -0.2) is 0 Å². The number of nitrogens with zero attached hydrogens (tertiary/aromatic N) is 3. The Labute approximate surface area is 114 Å². The van der Waals surface area contributed by atoms with Crippen LogP contribution in [0.1, 0.15) is 29.6 Å². The molecule has 0 aromatic carbocycles. The largest absolute Gasteiger partial charge is 0.348 e. The molecule has 0 saturated heterocycles. The molecule has 1 fully saturated rings. The van der Waals surface area contributed by atoms with Gasteiger partial charge >= 0.3 is 0 Å². The van der Waals surface area contributed by atoms with E-state index in [2.05, 4.69) is 21.6 Å². The van der Waals surface area contributed by atoms with Crippen LogP contribution in [-0.4, -0.2) is 22.1 Å². The molecule has 1 aromatic heterocycles. The lowest BCUT2D eigenvalue weighted by molar-refractivity contribution is 0.0932. The average molecular weight is 285 g/mol. The summed E-state index contributed by atoms with van der Waals surface area (Å²) < 4.78 is 0. The first kappa shape index (κ1) is 13.1. The van der Waals surface area contributed by atoms with Gasteiger partial charge in [0.2, 0.25) is 0 Å². The zero-order chi connectivity index (χ0) is 13.1. The minimum Gasteiger partial charge on any atom is -0.348 e. The molecule has 1 aromatic rings. The number of rotatable bonds is 2. The quantitative estimate of drug-likeness (QED) is 0.903. The molecular formula is C11H10Cl2N4O. The van der Waals surface area contributed by atoms with E-state index in [9.17, 15) is 4.79 Å². The molecule has 0 spiro atoms. The number of nitrogens with one attached hydrogen (secondary N) is 1. The number of amides is 1. The second kappa shape index (κ2) is 5.51. The Morgan fingerprint density at radius 1 is 1.44 bits per heavy atom. The van der Waals surface area contributed by atoms with Gasteiger partial charge in [0, 0.05) is 6.04 Å². The fourth-order valence-corrected chi connectivity index (χ4v) is 2.37. The Balaban J connectivity index is 2.13. The first-order valence-electron chi connectivity index (χ1n) is 5.51. The Bertz CT molecular complexity index is 514. The summed E-state index contributed by atoms with van der Waals surface area (Å²) in [6.07, 6.45) is 2.55. The minimum absolute atomic E-state index is 0.00315. The molecule has 2 atom stereocenters. The van der Waals surface area contributed by atoms with Crippen LogP contribution < -0.4 is 5.32 Å². The van der Waals surface area contributed by atoms with Crippen LogP contribution in [0, 0.1) is 17.2 Å². The Morgan fingerprint density at radius 2 is 2.22 bits per heavy atom. The van der Waals surface area contributed by atoms with E-state index in [1.165, 1.54) is 6.07 Å². The van der Waals surface area contributed by atoms with Crippen LogP contribution in [0.4, 0.5) is 0 Å². The molecule has 2 rings (SSSR count). The number of hydrogen-bond donors (Lipinski definition) is 1. The fraction of sp³-hybridized carbons (Fsp3) is 0.455. The van der Waals surface area contributed by atoms with Gasteiger partial charge in [0.05, 0.1) is 17.6 Å². The minimum atomic E-state index is -0.371. The van der Waals surface area contributed by atoms with Crippen molar-refractivity contribution < 1.29 is 4.79 Å². The van der Waals surface area contributed by atoms with Crippen molar-refractivity contribution in [3.8, 4) is 6.07 Å². The first-order chi connectivity index (χ1) is 8.61. The molecule has 1 N–H and O–H groups in total. The smallest absolute Gasteiger partial charge is 0.254 e. The predicted octanol–water partition coefficient (Wildman–Crippen LogP) is 2.21. The van der Waals surface area contributed by atoms with Crippen molar-refractivity contribution in [3.05, 3.63) is 21.9 Å². The van der Waals surface area contributed by atoms with Crippen molar-refractivity contribution in [1.29, 1.82) is 5.26 Å². The van der Waals surface area contributed by atoms with Crippen LogP contribution in [0.25, 0.3) is 0 Å². The summed E-state index contributed by atoms with van der Waals surface area (Å²) in [6, 6.07) is 3.42. The highest BCUT2D eigenvalue weighted by molar-refractivity contribution is 6.34. The third-order valence-corrected chi connectivity index (χ3v) is 3.43. The normalized spacial score (nSPS) is 22.5. The lowest BCUT2D eigenvalue weighted by Crippen LogP contribution is -2.37. The molecule has 0 aliphatic heterocycles. The maximum Gasteiger partial charge on any atom is 0.254 e. The van der Waals surface area contributed by atoms with Crippen molar-refractivity contribution >= 4 is 29.1 Å². The van der Waals surface area contributed by atoms with E-state index in [0.717, 1.165) is 19.3 Å². The first-order valence-corrected chi connectivity index (χ1v) is 6.26. The van der Waals surface area contributed by atoms with Crippen LogP contribution >= 0.6 is 23.2 Å². The molecule has 94 valence electrons. The van der Waals surface area contributed by atoms with Crippen molar-refractivity contribution in [2.24, 2.45) is 5.92 Å². The third kappa shape index (κ3) is 2.71. The molecule has 0 bridgehead atoms. The number of carbonyl (C=O) groups is 1. The van der Waals surface area contributed by atoms with E-state index in [1.54, 1.807) is 0 Å². The van der Waals surface area contributed by atoms with Gasteiger partial charge in [-0.1, -0.05) is 23.2 Å². The molecule has 1 amide bonds. The second-order valence-corrected chi connectivity index (χ2v) is 4.86. The van der Waals surface area contributed by atoms with Crippen LogP contribution in [-0.2, 0) is 0 Å². The van der Waals surface area contributed by atoms with Gasteiger partial charge < -0.3 is 5.32 Å². The zero-order valence-corrected chi connectivity index (χ0v) is 10.9. The average Bonchev–Trinajstić information content (AvgIpc) is 2.79. The van der Waals surface area contributed by atoms with Crippen LogP contribution in [0.3, 0.4) is 0 Å². The molecule has 2 unspecified atom stereocenters. The lowest BCUT2D eigenvalue weighted by atomic mass is 10.1. The lowest BCUT2D eigenvalue weighted by Gasteiger charge is -2.15. The van der Waals surface area contributed by atoms with Gasteiger partial charge in [0.15, 0.2) is 10.3 Å². The molecule has 1 aliphatic carbocycles. The summed E-state index contributed by atoms with van der Waals surface area (Å²) in [4.78, 5) is 12.0. The van der Waals surface area contributed by atoms with Crippen LogP contribution in [0.5, 0.6) is 0 Å². The second-order valence-electron chi connectivity index (χ2n) is 4.12. The molecule has 5 nitrogen and oxygen atoms in total. The van der Waals surface area contributed by atoms with Crippen LogP contribution in [0.15, 0.2) is 6.07 Å². The van der Waals surface area contributed by atoms with Crippen molar-refractivity contribution in [2.45, 2.75) is 25.3 Å². The summed E-state index contributed by atoms with van der Waals surface area (Å²) >= 11 is 11.5. The topological polar surface area (TPSA) is 78.7 Å². The Kier molecular flexibility index (Phi) is 4.00. The van der Waals surface area contributed by atoms with Gasteiger partial charge in [-0.05, 0) is 25.3 Å². The zero-order valence-electron chi connectivity index (χ0n) is 9.36. The third-order valence-electron chi connectivity index (χ3n) is 2.96. The maximum atomic E-state index is 12.0. The van der Waals surface area contributed by atoms with Crippen molar-refractivity contribution in [3.63, 3.8) is 0 Å². The summed E-state index contributed by atoms with van der Waals surface area (Å²) in [5, 5.41) is 19.0. The predicted molar refractivity (Wildman–Crippen MR) is 66.3 cm³/mol. The highest BCUT2D eigenvalue weighted by Gasteiger charge is 2.29. The highest BCUT2D eigenvalue weighted by atomic mass is 35.5. The van der Waals surface area contributed by atoms with Gasteiger partial charge in [0.25, 0.3) is 5.91 Å². The van der Waals surface area contributed by atoms with Gasteiger partial charge in [-0.2, -0.15) is 5.26 Å². The van der Waals surface area contributed by atoms with Gasteiger partial charge in [0.1, 0.15) is 0 Å². The van der Waals surface area contributed by atoms with Crippen LogP contribution in [0.2, 0.25) is 10.3 Å². The number of aromatic nitrogens is 2. The molecular weight excluding hydrogens is 275 g/mol. The number of hydrogen-bond acceptors (Lipinski definition) is 4. The highest BCUT2D eigenvalue weighted by Crippen LogP contribution is 2.25. The molecule has 0 radical (unpaired) electrons. The number of carbonyl (C=O) groups excluding carboxylic acids is 1. The van der Waals surface area contributed by atoms with Crippen molar-refractivity contribution in [2.75, 3.05) is 0 Å². The summed E-state index contributed by atoms with van der Waals surface area (Å²) in [5.74, 6) is -0.512. The summed E-state index contributed by atoms with van der Waals surface area (Å²) in [5.41, 5.74) is 0.181. The standard InChI is InChI=1S/C11H10Cl2N4O/c12-9-4-7(10(13)17-16-9)11(18)15-8-3-1-2-6(8)5-14/h4,6,8H,1-3H2,(H,15,18). The molecule has 1 heterocycles. The summed E-state index contributed by atoms with van der Waals surface area (Å²) in [7, 11) is 0. The Hall–Kier alpha value is -1.38. The van der Waals surface area contributed by atoms with E-state index >= 15 is 0 Å². The fourth-order valence-electron chi connectivity index (χ4n) is 2.05.